The van der Waals surface area contributed by atoms with Crippen LogP contribution in [0.2, 0.25) is 0 Å². The number of hydrogen-bond donors (Lipinski definition) is 1. The number of ether oxygens (including phenoxy) is 1. The molecular weight excluding hydrogens is 209 g/mol. The van der Waals surface area contributed by atoms with Crippen LogP contribution in [0.3, 0.4) is 0 Å². The maximum atomic E-state index is 13.3. The average molecular weight is 223 g/mol. The van der Waals surface area contributed by atoms with Gasteiger partial charge in [0.1, 0.15) is 5.82 Å². The number of carbonyl (C=O) groups is 1. The number of rotatable bonds is 4. The molecule has 4 heteroatoms. The Morgan fingerprint density at radius 1 is 1.50 bits per heavy atom. The van der Waals surface area contributed by atoms with Crippen LogP contribution in [0.25, 0.3) is 5.70 Å². The van der Waals surface area contributed by atoms with E-state index in [-0.39, 0.29) is 11.3 Å². The quantitative estimate of drug-likeness (QED) is 0.628. The summed E-state index contributed by atoms with van der Waals surface area (Å²) in [5.41, 5.74) is 5.86. The van der Waals surface area contributed by atoms with Gasteiger partial charge in [-0.1, -0.05) is 19.1 Å². The van der Waals surface area contributed by atoms with E-state index in [9.17, 15) is 9.18 Å². The molecule has 86 valence electrons. The molecule has 0 saturated carbocycles. The lowest BCUT2D eigenvalue weighted by Crippen LogP contribution is -2.07. The van der Waals surface area contributed by atoms with E-state index in [1.807, 2.05) is 6.92 Å². The van der Waals surface area contributed by atoms with E-state index in [2.05, 4.69) is 0 Å². The number of esters is 1. The molecule has 0 bridgehead atoms. The van der Waals surface area contributed by atoms with Gasteiger partial charge in [-0.3, -0.25) is 0 Å². The Hall–Kier alpha value is -1.84. The van der Waals surface area contributed by atoms with Crippen molar-refractivity contribution >= 4 is 11.7 Å². The predicted molar refractivity (Wildman–Crippen MR) is 59.8 cm³/mol. The normalized spacial score (nSPS) is 11.2. The molecule has 2 N–H and O–H groups in total. The second-order valence-corrected chi connectivity index (χ2v) is 3.25. The van der Waals surface area contributed by atoms with Crippen molar-refractivity contribution in [1.29, 1.82) is 0 Å². The first-order valence-electron chi connectivity index (χ1n) is 5.04. The molecule has 1 aromatic rings. The van der Waals surface area contributed by atoms with Crippen LogP contribution in [0.15, 0.2) is 30.3 Å². The van der Waals surface area contributed by atoms with Gasteiger partial charge in [-0.05, 0) is 18.6 Å². The first-order valence-corrected chi connectivity index (χ1v) is 5.04. The summed E-state index contributed by atoms with van der Waals surface area (Å²) in [6.45, 7) is 2.22. The van der Waals surface area contributed by atoms with Crippen molar-refractivity contribution in [3.8, 4) is 0 Å². The van der Waals surface area contributed by atoms with Gasteiger partial charge >= 0.3 is 5.97 Å². The third-order valence-corrected chi connectivity index (χ3v) is 1.91. The molecule has 0 aliphatic heterocycles. The van der Waals surface area contributed by atoms with E-state index < -0.39 is 11.8 Å². The number of nitrogens with two attached hydrogens (primary N) is 1. The highest BCUT2D eigenvalue weighted by Gasteiger charge is 2.06. The smallest absolute Gasteiger partial charge is 0.332 e. The van der Waals surface area contributed by atoms with Gasteiger partial charge in [-0.15, -0.1) is 0 Å². The molecule has 0 radical (unpaired) electrons. The number of hydrogen-bond acceptors (Lipinski definition) is 3. The highest BCUT2D eigenvalue weighted by atomic mass is 19.1. The molecular formula is C12H14FNO2. The highest BCUT2D eigenvalue weighted by molar-refractivity contribution is 5.90. The number of carbonyl (C=O) groups excluding carboxylic acids is 1. The maximum absolute atomic E-state index is 13.3. The van der Waals surface area contributed by atoms with Crippen LogP contribution >= 0.6 is 0 Å². The fourth-order valence-electron chi connectivity index (χ4n) is 1.14. The summed E-state index contributed by atoms with van der Waals surface area (Å²) in [6.07, 6.45) is 1.83. The molecule has 0 aliphatic carbocycles. The van der Waals surface area contributed by atoms with E-state index in [4.69, 9.17) is 10.5 Å². The summed E-state index contributed by atoms with van der Waals surface area (Å²) >= 11 is 0. The Morgan fingerprint density at radius 3 is 2.81 bits per heavy atom. The van der Waals surface area contributed by atoms with Crippen molar-refractivity contribution in [3.63, 3.8) is 0 Å². The molecule has 0 atom stereocenters. The van der Waals surface area contributed by atoms with Gasteiger partial charge in [0.05, 0.1) is 6.61 Å². The minimum atomic E-state index is -0.553. The Morgan fingerprint density at radius 2 is 2.19 bits per heavy atom. The van der Waals surface area contributed by atoms with Gasteiger partial charge in [0, 0.05) is 17.3 Å². The molecule has 16 heavy (non-hydrogen) atoms. The third kappa shape index (κ3) is 3.38. The summed E-state index contributed by atoms with van der Waals surface area (Å²) < 4.78 is 18.1. The second kappa shape index (κ2) is 5.90. The molecule has 0 unspecified atom stereocenters. The summed E-state index contributed by atoms with van der Waals surface area (Å²) in [6, 6.07) is 6.00. The van der Waals surface area contributed by atoms with Crippen LogP contribution in [0, 0.1) is 5.82 Å². The van der Waals surface area contributed by atoms with Crippen molar-refractivity contribution in [2.75, 3.05) is 6.61 Å². The fraction of sp³-hybridized carbons (Fsp3) is 0.250. The van der Waals surface area contributed by atoms with Crippen LogP contribution < -0.4 is 5.73 Å². The first-order chi connectivity index (χ1) is 7.65. The topological polar surface area (TPSA) is 52.3 Å². The van der Waals surface area contributed by atoms with Crippen LogP contribution in [0.5, 0.6) is 0 Å². The van der Waals surface area contributed by atoms with Crippen molar-refractivity contribution < 1.29 is 13.9 Å². The first kappa shape index (κ1) is 12.2. The Labute approximate surface area is 93.7 Å². The zero-order chi connectivity index (χ0) is 12.0. The Bertz CT molecular complexity index is 402. The molecule has 0 aliphatic rings. The highest BCUT2D eigenvalue weighted by Crippen LogP contribution is 2.13. The lowest BCUT2D eigenvalue weighted by Gasteiger charge is -2.03. The van der Waals surface area contributed by atoms with Crippen LogP contribution in [-0.4, -0.2) is 12.6 Å². The predicted octanol–water partition coefficient (Wildman–Crippen LogP) is 2.08. The Kier molecular flexibility index (Phi) is 4.51. The van der Waals surface area contributed by atoms with E-state index in [0.29, 0.717) is 6.61 Å². The van der Waals surface area contributed by atoms with E-state index >= 15 is 0 Å². The molecule has 1 aromatic carbocycles. The van der Waals surface area contributed by atoms with E-state index in [1.165, 1.54) is 12.1 Å². The monoisotopic (exact) mass is 223 g/mol. The number of halogens is 1. The minimum Gasteiger partial charge on any atom is -0.462 e. The summed E-state index contributed by atoms with van der Waals surface area (Å²) in [7, 11) is 0. The summed E-state index contributed by atoms with van der Waals surface area (Å²) in [5.74, 6) is -1.01. The maximum Gasteiger partial charge on any atom is 0.332 e. The zero-order valence-corrected chi connectivity index (χ0v) is 9.07. The largest absolute Gasteiger partial charge is 0.462 e. The number of benzene rings is 1. The molecule has 0 amide bonds. The minimum absolute atomic E-state index is 0.0687. The molecule has 0 heterocycles. The fourth-order valence-corrected chi connectivity index (χ4v) is 1.14. The Balaban J connectivity index is 2.77. The lowest BCUT2D eigenvalue weighted by molar-refractivity contribution is -0.137. The summed E-state index contributed by atoms with van der Waals surface area (Å²) in [4.78, 5) is 11.2. The standard InChI is InChI=1S/C12H14FNO2/c1-2-7-16-12(15)8-11(14)9-5-3-4-6-10(9)13/h3-6,8H,2,7,14H2,1H3/b11-8+. The average Bonchev–Trinajstić information content (AvgIpc) is 2.26. The molecule has 1 rings (SSSR count). The second-order valence-electron chi connectivity index (χ2n) is 3.25. The van der Waals surface area contributed by atoms with Gasteiger partial charge in [0.2, 0.25) is 0 Å². The van der Waals surface area contributed by atoms with Gasteiger partial charge < -0.3 is 10.5 Å². The molecule has 0 fully saturated rings. The zero-order valence-electron chi connectivity index (χ0n) is 9.07. The van der Waals surface area contributed by atoms with Gasteiger partial charge in [0.25, 0.3) is 0 Å². The third-order valence-electron chi connectivity index (χ3n) is 1.91. The van der Waals surface area contributed by atoms with Crippen LogP contribution in [0.4, 0.5) is 4.39 Å². The van der Waals surface area contributed by atoms with Gasteiger partial charge in [-0.2, -0.15) is 0 Å². The van der Waals surface area contributed by atoms with Crippen molar-refractivity contribution in [1.82, 2.24) is 0 Å². The molecule has 3 nitrogen and oxygen atoms in total. The lowest BCUT2D eigenvalue weighted by atomic mass is 10.1. The molecule has 0 spiro atoms. The van der Waals surface area contributed by atoms with Crippen molar-refractivity contribution in [2.24, 2.45) is 5.73 Å². The van der Waals surface area contributed by atoms with Crippen LogP contribution in [0.1, 0.15) is 18.9 Å². The van der Waals surface area contributed by atoms with E-state index in [1.54, 1.807) is 12.1 Å². The van der Waals surface area contributed by atoms with E-state index in [0.717, 1.165) is 12.5 Å². The molecule has 0 saturated heterocycles. The van der Waals surface area contributed by atoms with Crippen molar-refractivity contribution in [3.05, 3.63) is 41.7 Å². The molecule has 0 aromatic heterocycles. The van der Waals surface area contributed by atoms with Gasteiger partial charge in [-0.25, -0.2) is 9.18 Å². The van der Waals surface area contributed by atoms with Crippen molar-refractivity contribution in [2.45, 2.75) is 13.3 Å². The summed E-state index contributed by atoms with van der Waals surface area (Å²) in [5, 5.41) is 0. The van der Waals surface area contributed by atoms with Gasteiger partial charge in [0.15, 0.2) is 0 Å². The van der Waals surface area contributed by atoms with Crippen LogP contribution in [-0.2, 0) is 9.53 Å². The SMILES string of the molecule is CCCOC(=O)/C=C(/N)c1ccccc1F.